The summed E-state index contributed by atoms with van der Waals surface area (Å²) in [5, 5.41) is 2.87. The van der Waals surface area contributed by atoms with E-state index >= 15 is 0 Å². The van der Waals surface area contributed by atoms with Crippen LogP contribution in [0.5, 0.6) is 5.75 Å². The first kappa shape index (κ1) is 20.9. The summed E-state index contributed by atoms with van der Waals surface area (Å²) in [7, 11) is 0. The fraction of sp³-hybridized carbons (Fsp3) is 0.409. The molecule has 1 N–H and O–H groups in total. The van der Waals surface area contributed by atoms with Crippen LogP contribution in [-0.2, 0) is 24.2 Å². The van der Waals surface area contributed by atoms with Gasteiger partial charge in [0.25, 0.3) is 6.43 Å². The van der Waals surface area contributed by atoms with Gasteiger partial charge in [-0.15, -0.1) is 0 Å². The Kier molecular flexibility index (Phi) is 7.34. The van der Waals surface area contributed by atoms with E-state index < -0.39 is 6.43 Å². The molecule has 0 heterocycles. The fourth-order valence-electron chi connectivity index (χ4n) is 3.06. The van der Waals surface area contributed by atoms with Crippen LogP contribution in [0.15, 0.2) is 30.3 Å². The summed E-state index contributed by atoms with van der Waals surface area (Å²) in [4.78, 5) is 11.8. The Hall–Kier alpha value is -2.43. The van der Waals surface area contributed by atoms with Gasteiger partial charge in [0.15, 0.2) is 0 Å². The van der Waals surface area contributed by atoms with Crippen molar-refractivity contribution < 1.29 is 18.3 Å². The Morgan fingerprint density at radius 1 is 1.11 bits per heavy atom. The first-order chi connectivity index (χ1) is 12.9. The number of carbonyl (C=O) groups is 1. The molecule has 0 aliphatic rings. The van der Waals surface area contributed by atoms with Crippen molar-refractivity contribution in [3.63, 3.8) is 0 Å². The minimum atomic E-state index is -2.61. The third-order valence-electron chi connectivity index (χ3n) is 4.71. The molecule has 2 rings (SSSR count). The SMILES string of the molecule is CCC(=O)Nc1cccc(CC)c1COc1cc(C)c(CC)cc1C(F)F. The summed E-state index contributed by atoms with van der Waals surface area (Å²) in [6.07, 6.45) is -0.794. The van der Waals surface area contributed by atoms with Crippen LogP contribution in [0.2, 0.25) is 0 Å². The number of halogens is 2. The van der Waals surface area contributed by atoms with Gasteiger partial charge in [-0.25, -0.2) is 8.78 Å². The number of aryl methyl sites for hydroxylation is 3. The quantitative estimate of drug-likeness (QED) is 0.616. The van der Waals surface area contributed by atoms with Crippen LogP contribution < -0.4 is 10.1 Å². The van der Waals surface area contributed by atoms with Crippen molar-refractivity contribution in [1.29, 1.82) is 0 Å². The molecule has 146 valence electrons. The summed E-state index contributed by atoms with van der Waals surface area (Å²) in [5.74, 6) is 0.0966. The molecule has 0 aliphatic carbocycles. The lowest BCUT2D eigenvalue weighted by Crippen LogP contribution is -2.13. The lowest BCUT2D eigenvalue weighted by molar-refractivity contribution is -0.115. The van der Waals surface area contributed by atoms with Gasteiger partial charge in [-0.1, -0.05) is 32.9 Å². The van der Waals surface area contributed by atoms with Crippen molar-refractivity contribution in [1.82, 2.24) is 0 Å². The molecule has 0 bridgehead atoms. The highest BCUT2D eigenvalue weighted by molar-refractivity contribution is 5.91. The lowest BCUT2D eigenvalue weighted by Gasteiger charge is -2.18. The summed E-state index contributed by atoms with van der Waals surface area (Å²) < 4.78 is 32.8. The van der Waals surface area contributed by atoms with Gasteiger partial charge in [-0.2, -0.15) is 0 Å². The molecule has 0 aromatic heterocycles. The average Bonchev–Trinajstić information content (AvgIpc) is 2.66. The van der Waals surface area contributed by atoms with Gasteiger partial charge in [0.1, 0.15) is 12.4 Å². The fourth-order valence-corrected chi connectivity index (χ4v) is 3.06. The molecular weight excluding hydrogens is 348 g/mol. The number of hydrogen-bond donors (Lipinski definition) is 1. The number of benzene rings is 2. The van der Waals surface area contributed by atoms with Crippen LogP contribution in [0.3, 0.4) is 0 Å². The van der Waals surface area contributed by atoms with E-state index in [1.165, 1.54) is 6.07 Å². The smallest absolute Gasteiger partial charge is 0.267 e. The maximum absolute atomic E-state index is 13.5. The van der Waals surface area contributed by atoms with Crippen molar-refractivity contribution in [3.8, 4) is 5.75 Å². The highest BCUT2D eigenvalue weighted by Gasteiger charge is 2.18. The summed E-state index contributed by atoms with van der Waals surface area (Å²) in [6, 6.07) is 8.85. The highest BCUT2D eigenvalue weighted by atomic mass is 19.3. The molecule has 5 heteroatoms. The zero-order valence-electron chi connectivity index (χ0n) is 16.4. The number of nitrogens with one attached hydrogen (secondary N) is 1. The number of anilines is 1. The zero-order chi connectivity index (χ0) is 20.0. The zero-order valence-corrected chi connectivity index (χ0v) is 16.4. The van der Waals surface area contributed by atoms with E-state index in [9.17, 15) is 13.6 Å². The molecule has 0 saturated carbocycles. The van der Waals surface area contributed by atoms with Crippen molar-refractivity contribution in [2.45, 2.75) is 60.0 Å². The minimum Gasteiger partial charge on any atom is -0.488 e. The molecule has 1 amide bonds. The standard InChI is InChI=1S/C22H27F2NO2/c1-5-15-9-8-10-19(25-21(26)7-3)18(15)13-27-20-11-14(4)16(6-2)12-17(20)22(23)24/h8-12,22H,5-7,13H2,1-4H3,(H,25,26). The minimum absolute atomic E-state index is 0.0921. The van der Waals surface area contributed by atoms with Crippen molar-refractivity contribution >= 4 is 11.6 Å². The van der Waals surface area contributed by atoms with Crippen LogP contribution in [0.25, 0.3) is 0 Å². The molecule has 3 nitrogen and oxygen atoms in total. The van der Waals surface area contributed by atoms with Crippen molar-refractivity contribution in [3.05, 3.63) is 58.1 Å². The Balaban J connectivity index is 2.36. The van der Waals surface area contributed by atoms with Crippen LogP contribution >= 0.6 is 0 Å². The third kappa shape index (κ3) is 5.06. The van der Waals surface area contributed by atoms with E-state index in [2.05, 4.69) is 5.32 Å². The molecule has 0 atom stereocenters. The number of rotatable bonds is 8. The summed E-state index contributed by atoms with van der Waals surface area (Å²) >= 11 is 0. The highest BCUT2D eigenvalue weighted by Crippen LogP contribution is 2.33. The second kappa shape index (κ2) is 9.49. The molecule has 0 aliphatic heterocycles. The Morgan fingerprint density at radius 2 is 1.81 bits per heavy atom. The van der Waals surface area contributed by atoms with Crippen molar-refractivity contribution in [2.24, 2.45) is 0 Å². The van der Waals surface area contributed by atoms with E-state index in [0.717, 1.165) is 28.7 Å². The molecular formula is C22H27F2NO2. The van der Waals surface area contributed by atoms with Gasteiger partial charge in [0.2, 0.25) is 5.91 Å². The van der Waals surface area contributed by atoms with Crippen LogP contribution in [0.4, 0.5) is 14.5 Å². The Morgan fingerprint density at radius 3 is 2.41 bits per heavy atom. The molecule has 0 unspecified atom stereocenters. The maximum Gasteiger partial charge on any atom is 0.267 e. The maximum atomic E-state index is 13.5. The topological polar surface area (TPSA) is 38.3 Å². The molecule has 0 spiro atoms. The Labute approximate surface area is 159 Å². The van der Waals surface area contributed by atoms with E-state index in [1.807, 2.05) is 39.0 Å². The van der Waals surface area contributed by atoms with Gasteiger partial charge in [0.05, 0.1) is 5.56 Å². The molecule has 2 aromatic carbocycles. The number of hydrogen-bond acceptors (Lipinski definition) is 2. The second-order valence-electron chi connectivity index (χ2n) is 6.46. The van der Waals surface area contributed by atoms with Crippen LogP contribution in [0, 0.1) is 6.92 Å². The first-order valence-corrected chi connectivity index (χ1v) is 9.36. The van der Waals surface area contributed by atoms with Gasteiger partial charge >= 0.3 is 0 Å². The normalized spacial score (nSPS) is 10.9. The number of amides is 1. The molecule has 0 radical (unpaired) electrons. The van der Waals surface area contributed by atoms with Crippen molar-refractivity contribution in [2.75, 3.05) is 5.32 Å². The monoisotopic (exact) mass is 375 g/mol. The molecule has 0 fully saturated rings. The summed E-state index contributed by atoms with van der Waals surface area (Å²) in [6.45, 7) is 7.75. The van der Waals surface area contributed by atoms with Gasteiger partial charge < -0.3 is 10.1 Å². The Bertz CT molecular complexity index is 803. The van der Waals surface area contributed by atoms with E-state index in [-0.39, 0.29) is 23.8 Å². The van der Waals surface area contributed by atoms with Gasteiger partial charge in [-0.05, 0) is 54.7 Å². The third-order valence-corrected chi connectivity index (χ3v) is 4.71. The predicted octanol–water partition coefficient (Wildman–Crippen LogP) is 5.98. The second-order valence-corrected chi connectivity index (χ2v) is 6.46. The van der Waals surface area contributed by atoms with Gasteiger partial charge in [-0.3, -0.25) is 4.79 Å². The van der Waals surface area contributed by atoms with E-state index in [4.69, 9.17) is 4.74 Å². The lowest BCUT2D eigenvalue weighted by atomic mass is 10.0. The largest absolute Gasteiger partial charge is 0.488 e. The number of alkyl halides is 2. The van der Waals surface area contributed by atoms with Crippen LogP contribution in [0.1, 0.15) is 61.4 Å². The summed E-state index contributed by atoms with van der Waals surface area (Å²) in [5.41, 5.74) is 4.23. The molecule has 27 heavy (non-hydrogen) atoms. The number of carbonyl (C=O) groups excluding carboxylic acids is 1. The van der Waals surface area contributed by atoms with E-state index in [0.29, 0.717) is 18.5 Å². The molecule has 2 aromatic rings. The number of ether oxygens (including phenoxy) is 1. The average molecular weight is 375 g/mol. The van der Waals surface area contributed by atoms with Crippen LogP contribution in [-0.4, -0.2) is 5.91 Å². The molecule has 0 saturated heterocycles. The first-order valence-electron chi connectivity index (χ1n) is 9.36. The van der Waals surface area contributed by atoms with Gasteiger partial charge in [0, 0.05) is 17.7 Å². The predicted molar refractivity (Wildman–Crippen MR) is 105 cm³/mol. The van der Waals surface area contributed by atoms with E-state index in [1.54, 1.807) is 13.0 Å².